The van der Waals surface area contributed by atoms with Crippen LogP contribution in [0.1, 0.15) is 26.2 Å². The zero-order valence-corrected chi connectivity index (χ0v) is 14.2. The largest absolute Gasteiger partial charge is 0.465 e. The van der Waals surface area contributed by atoms with Crippen LogP contribution in [0.5, 0.6) is 0 Å². The van der Waals surface area contributed by atoms with Gasteiger partial charge in [-0.2, -0.15) is 0 Å². The molecular formula is C19H22N2O4. The molecule has 1 N–H and O–H groups in total. The molecule has 1 heterocycles. The number of fused-ring (bicyclic) bond motifs is 1. The van der Waals surface area contributed by atoms with Gasteiger partial charge in [0.25, 0.3) is 11.1 Å². The molecule has 0 fully saturated rings. The first kappa shape index (κ1) is 17.2. The van der Waals surface area contributed by atoms with E-state index in [1.807, 2.05) is 0 Å². The number of hydrogen-bond donors (Lipinski definition) is 1. The van der Waals surface area contributed by atoms with E-state index in [0.717, 1.165) is 12.8 Å². The lowest BCUT2D eigenvalue weighted by atomic mass is 9.85. The van der Waals surface area contributed by atoms with Crippen molar-refractivity contribution in [3.63, 3.8) is 0 Å². The average Bonchev–Trinajstić information content (AvgIpc) is 2.63. The molecule has 0 spiro atoms. The van der Waals surface area contributed by atoms with E-state index < -0.39 is 0 Å². The van der Waals surface area contributed by atoms with Gasteiger partial charge in [0.1, 0.15) is 0 Å². The van der Waals surface area contributed by atoms with Gasteiger partial charge in [-0.3, -0.25) is 19.5 Å². The lowest BCUT2D eigenvalue weighted by Crippen LogP contribution is -2.31. The average molecular weight is 342 g/mol. The number of hydrogen-bond acceptors (Lipinski definition) is 4. The number of carbonyl (C=O) groups excluding carboxylic acids is 1. The van der Waals surface area contributed by atoms with Crippen molar-refractivity contribution in [2.75, 3.05) is 6.61 Å². The number of aryl methyl sites for hydroxylation is 1. The van der Waals surface area contributed by atoms with E-state index in [-0.39, 0.29) is 30.1 Å². The summed E-state index contributed by atoms with van der Waals surface area (Å²) in [5, 5.41) is 3.22. The zero-order valence-electron chi connectivity index (χ0n) is 14.2. The van der Waals surface area contributed by atoms with Crippen LogP contribution in [0.4, 0.5) is 0 Å². The summed E-state index contributed by atoms with van der Waals surface area (Å²) >= 11 is 0. The monoisotopic (exact) mass is 342 g/mol. The van der Waals surface area contributed by atoms with Gasteiger partial charge >= 0.3 is 5.97 Å². The number of carbonyl (C=O) groups is 1. The predicted octanol–water partition coefficient (Wildman–Crippen LogP) is 2.23. The van der Waals surface area contributed by atoms with Crippen LogP contribution in [-0.4, -0.2) is 22.4 Å². The van der Waals surface area contributed by atoms with E-state index in [2.05, 4.69) is 24.2 Å². The van der Waals surface area contributed by atoms with E-state index in [4.69, 9.17) is 4.74 Å². The summed E-state index contributed by atoms with van der Waals surface area (Å²) < 4.78 is 6.53. The highest BCUT2D eigenvalue weighted by Crippen LogP contribution is 2.25. The van der Waals surface area contributed by atoms with Crippen LogP contribution in [0.3, 0.4) is 0 Å². The van der Waals surface area contributed by atoms with E-state index in [1.165, 1.54) is 4.68 Å². The fraction of sp³-hybridized carbons (Fsp3) is 0.421. The van der Waals surface area contributed by atoms with Gasteiger partial charge in [-0.25, -0.2) is 4.68 Å². The van der Waals surface area contributed by atoms with Crippen LogP contribution in [0, 0.1) is 11.8 Å². The molecule has 0 saturated carbocycles. The first-order valence-corrected chi connectivity index (χ1v) is 8.58. The van der Waals surface area contributed by atoms with Crippen molar-refractivity contribution >= 4 is 16.7 Å². The van der Waals surface area contributed by atoms with Gasteiger partial charge in [0.05, 0.1) is 30.3 Å². The SMILES string of the molecule is CC1CC=CCC1COC(=O)CCn1[nH]c(=O)c2ccccc2c1=O. The van der Waals surface area contributed by atoms with Crippen LogP contribution in [0.2, 0.25) is 0 Å². The topological polar surface area (TPSA) is 81.2 Å². The summed E-state index contributed by atoms with van der Waals surface area (Å²) in [6.07, 6.45) is 6.26. The quantitative estimate of drug-likeness (QED) is 0.667. The molecule has 1 aromatic carbocycles. The van der Waals surface area contributed by atoms with Gasteiger partial charge < -0.3 is 4.74 Å². The van der Waals surface area contributed by atoms with Gasteiger partial charge in [0.2, 0.25) is 0 Å². The summed E-state index contributed by atoms with van der Waals surface area (Å²) in [6, 6.07) is 6.63. The minimum atomic E-state index is -0.359. The fourth-order valence-corrected chi connectivity index (χ4v) is 3.12. The van der Waals surface area contributed by atoms with Gasteiger partial charge in [-0.05, 0) is 36.8 Å². The number of aromatic amines is 1. The van der Waals surface area contributed by atoms with Crippen molar-refractivity contribution in [1.29, 1.82) is 0 Å². The molecule has 0 radical (unpaired) electrons. The number of esters is 1. The Morgan fingerprint density at radius 1 is 1.20 bits per heavy atom. The molecule has 3 rings (SSSR count). The second-order valence-corrected chi connectivity index (χ2v) is 6.56. The molecule has 6 heteroatoms. The summed E-state index contributed by atoms with van der Waals surface area (Å²) in [4.78, 5) is 36.4. The fourth-order valence-electron chi connectivity index (χ4n) is 3.12. The number of ether oxygens (including phenoxy) is 1. The van der Waals surface area contributed by atoms with E-state index in [1.54, 1.807) is 24.3 Å². The van der Waals surface area contributed by atoms with Crippen molar-refractivity contribution in [1.82, 2.24) is 9.78 Å². The Morgan fingerprint density at radius 3 is 2.68 bits per heavy atom. The minimum absolute atomic E-state index is 0.0468. The Kier molecular flexibility index (Phi) is 5.16. The molecule has 132 valence electrons. The van der Waals surface area contributed by atoms with Gasteiger partial charge in [0, 0.05) is 0 Å². The summed E-state index contributed by atoms with van der Waals surface area (Å²) in [5.41, 5.74) is -0.652. The Balaban J connectivity index is 1.62. The van der Waals surface area contributed by atoms with E-state index in [0.29, 0.717) is 29.2 Å². The van der Waals surface area contributed by atoms with Crippen LogP contribution < -0.4 is 11.1 Å². The highest BCUT2D eigenvalue weighted by atomic mass is 16.5. The Labute approximate surface area is 145 Å². The zero-order chi connectivity index (χ0) is 17.8. The van der Waals surface area contributed by atoms with Gasteiger partial charge in [0.15, 0.2) is 0 Å². The molecule has 1 aliphatic rings. The third kappa shape index (κ3) is 3.90. The Hall–Kier alpha value is -2.63. The number of nitrogens with one attached hydrogen (secondary N) is 1. The number of benzene rings is 1. The molecule has 0 saturated heterocycles. The predicted molar refractivity (Wildman–Crippen MR) is 95.4 cm³/mol. The Bertz CT molecular complexity index is 910. The number of H-pyrrole nitrogens is 1. The lowest BCUT2D eigenvalue weighted by Gasteiger charge is -2.24. The third-order valence-corrected chi connectivity index (χ3v) is 4.80. The molecule has 6 nitrogen and oxygen atoms in total. The van der Waals surface area contributed by atoms with Gasteiger partial charge in [-0.1, -0.05) is 31.2 Å². The Morgan fingerprint density at radius 2 is 1.92 bits per heavy atom. The van der Waals surface area contributed by atoms with E-state index in [9.17, 15) is 14.4 Å². The van der Waals surface area contributed by atoms with Crippen molar-refractivity contribution < 1.29 is 9.53 Å². The van der Waals surface area contributed by atoms with Crippen LogP contribution in [0.15, 0.2) is 46.0 Å². The first-order valence-electron chi connectivity index (χ1n) is 8.58. The lowest BCUT2D eigenvalue weighted by molar-refractivity contribution is -0.145. The maximum absolute atomic E-state index is 12.4. The molecule has 25 heavy (non-hydrogen) atoms. The molecular weight excluding hydrogens is 320 g/mol. The number of rotatable bonds is 5. The van der Waals surface area contributed by atoms with Crippen LogP contribution in [0.25, 0.3) is 10.8 Å². The van der Waals surface area contributed by atoms with Gasteiger partial charge in [-0.15, -0.1) is 0 Å². The molecule has 2 unspecified atom stereocenters. The summed E-state index contributed by atoms with van der Waals surface area (Å²) in [5.74, 6) is 0.483. The van der Waals surface area contributed by atoms with Crippen LogP contribution >= 0.6 is 0 Å². The molecule has 1 aliphatic carbocycles. The highest BCUT2D eigenvalue weighted by Gasteiger charge is 2.20. The second-order valence-electron chi connectivity index (χ2n) is 6.56. The molecule has 1 aromatic heterocycles. The number of nitrogens with zero attached hydrogens (tertiary/aromatic N) is 1. The van der Waals surface area contributed by atoms with Crippen molar-refractivity contribution in [3.8, 4) is 0 Å². The molecule has 0 amide bonds. The third-order valence-electron chi connectivity index (χ3n) is 4.80. The van der Waals surface area contributed by atoms with Crippen LogP contribution in [-0.2, 0) is 16.1 Å². The number of aromatic nitrogens is 2. The second kappa shape index (κ2) is 7.51. The van der Waals surface area contributed by atoms with Crippen molar-refractivity contribution in [3.05, 3.63) is 57.1 Å². The normalized spacial score (nSPS) is 19.9. The molecule has 0 bridgehead atoms. The maximum Gasteiger partial charge on any atom is 0.307 e. The van der Waals surface area contributed by atoms with E-state index >= 15 is 0 Å². The molecule has 2 aromatic rings. The van der Waals surface area contributed by atoms with Crippen molar-refractivity contribution in [2.24, 2.45) is 11.8 Å². The highest BCUT2D eigenvalue weighted by molar-refractivity contribution is 5.80. The smallest absolute Gasteiger partial charge is 0.307 e. The minimum Gasteiger partial charge on any atom is -0.465 e. The summed E-state index contributed by atoms with van der Waals surface area (Å²) in [7, 11) is 0. The number of allylic oxidation sites excluding steroid dienone is 2. The standard InChI is InChI=1S/C19H22N2O4/c1-13-6-2-3-7-14(13)12-25-17(22)10-11-21-19(24)16-9-5-4-8-15(16)18(23)20-21/h2-5,8-9,13-14H,6-7,10-12H2,1H3,(H,20,23). The summed E-state index contributed by atoms with van der Waals surface area (Å²) in [6.45, 7) is 2.65. The van der Waals surface area contributed by atoms with Crippen molar-refractivity contribution in [2.45, 2.75) is 32.7 Å². The molecule has 2 atom stereocenters. The first-order chi connectivity index (χ1) is 12.1. The molecule has 0 aliphatic heterocycles. The maximum atomic E-state index is 12.4.